The quantitative estimate of drug-likeness (QED) is 0.692. The van der Waals surface area contributed by atoms with E-state index in [9.17, 15) is 4.39 Å². The Kier molecular flexibility index (Phi) is 2.95. The van der Waals surface area contributed by atoms with Crippen LogP contribution in [0.4, 0.5) is 4.39 Å². The third-order valence-corrected chi connectivity index (χ3v) is 3.17. The zero-order valence-corrected chi connectivity index (χ0v) is 10.6. The highest BCUT2D eigenvalue weighted by molar-refractivity contribution is 5.83. The third-order valence-electron chi connectivity index (χ3n) is 3.17. The number of para-hydroxylation sites is 1. The largest absolute Gasteiger partial charge is 0.489 e. The summed E-state index contributed by atoms with van der Waals surface area (Å²) in [6.07, 6.45) is 2.05. The molecule has 3 rings (SSSR count). The van der Waals surface area contributed by atoms with Crippen molar-refractivity contribution >= 4 is 10.9 Å². The summed E-state index contributed by atoms with van der Waals surface area (Å²) in [5.41, 5.74) is 2.27. The molecular weight excluding hydrogens is 241 g/mol. The zero-order chi connectivity index (χ0) is 13.2. The molecule has 0 saturated carbocycles. The number of benzene rings is 2. The van der Waals surface area contributed by atoms with Gasteiger partial charge in [0.1, 0.15) is 18.2 Å². The van der Waals surface area contributed by atoms with Crippen molar-refractivity contribution in [1.82, 2.24) is 4.57 Å². The summed E-state index contributed by atoms with van der Waals surface area (Å²) in [6.45, 7) is 0.435. The Hall–Kier alpha value is -2.29. The molecule has 3 aromatic rings. The van der Waals surface area contributed by atoms with Crippen LogP contribution in [0.2, 0.25) is 0 Å². The number of aryl methyl sites for hydroxylation is 1. The van der Waals surface area contributed by atoms with E-state index < -0.39 is 0 Å². The normalized spacial score (nSPS) is 10.8. The summed E-state index contributed by atoms with van der Waals surface area (Å²) in [5.74, 6) is 0.267. The maximum atomic E-state index is 13.1. The van der Waals surface area contributed by atoms with Crippen LogP contribution in [0.15, 0.2) is 54.7 Å². The van der Waals surface area contributed by atoms with E-state index in [2.05, 4.69) is 16.7 Å². The van der Waals surface area contributed by atoms with Gasteiger partial charge in [-0.2, -0.15) is 0 Å². The minimum absolute atomic E-state index is 0.282. The molecule has 1 heterocycles. The molecule has 0 bridgehead atoms. The van der Waals surface area contributed by atoms with E-state index in [0.29, 0.717) is 12.4 Å². The molecule has 96 valence electrons. The minimum atomic E-state index is -0.282. The first kappa shape index (κ1) is 11.8. The van der Waals surface area contributed by atoms with Gasteiger partial charge in [-0.25, -0.2) is 4.39 Å². The van der Waals surface area contributed by atoms with Crippen LogP contribution in [0, 0.1) is 5.82 Å². The molecule has 0 fully saturated rings. The van der Waals surface area contributed by atoms with Crippen LogP contribution in [0.25, 0.3) is 10.9 Å². The summed E-state index contributed by atoms with van der Waals surface area (Å²) < 4.78 is 20.8. The number of hydrogen-bond donors (Lipinski definition) is 0. The molecule has 19 heavy (non-hydrogen) atoms. The van der Waals surface area contributed by atoms with E-state index in [1.54, 1.807) is 12.1 Å². The van der Waals surface area contributed by atoms with Crippen LogP contribution in [-0.4, -0.2) is 4.57 Å². The average molecular weight is 255 g/mol. The topological polar surface area (TPSA) is 14.2 Å². The number of ether oxygens (including phenoxy) is 1. The molecule has 2 aromatic carbocycles. The van der Waals surface area contributed by atoms with Crippen LogP contribution in [0.1, 0.15) is 5.56 Å². The molecule has 0 aliphatic heterocycles. The predicted molar refractivity (Wildman–Crippen MR) is 73.7 cm³/mol. The van der Waals surface area contributed by atoms with Gasteiger partial charge in [0.25, 0.3) is 0 Å². The van der Waals surface area contributed by atoms with Crippen molar-refractivity contribution in [2.24, 2.45) is 7.05 Å². The van der Waals surface area contributed by atoms with Gasteiger partial charge in [-0.3, -0.25) is 0 Å². The lowest BCUT2D eigenvalue weighted by Crippen LogP contribution is -1.94. The molecule has 0 aliphatic rings. The highest BCUT2D eigenvalue weighted by Crippen LogP contribution is 2.22. The Balaban J connectivity index is 1.86. The highest BCUT2D eigenvalue weighted by Gasteiger charge is 2.06. The van der Waals surface area contributed by atoms with Gasteiger partial charge in [-0.05, 0) is 18.2 Å². The van der Waals surface area contributed by atoms with Gasteiger partial charge < -0.3 is 9.30 Å². The van der Waals surface area contributed by atoms with E-state index in [1.165, 1.54) is 23.0 Å². The lowest BCUT2D eigenvalue weighted by molar-refractivity contribution is 0.306. The molecule has 0 spiro atoms. The van der Waals surface area contributed by atoms with Crippen LogP contribution in [0.5, 0.6) is 5.75 Å². The van der Waals surface area contributed by atoms with Crippen LogP contribution < -0.4 is 4.74 Å². The Morgan fingerprint density at radius 2 is 1.95 bits per heavy atom. The van der Waals surface area contributed by atoms with Gasteiger partial charge in [0.15, 0.2) is 0 Å². The molecular formula is C16H14FNO. The van der Waals surface area contributed by atoms with Crippen molar-refractivity contribution in [3.63, 3.8) is 0 Å². The molecule has 2 nitrogen and oxygen atoms in total. The van der Waals surface area contributed by atoms with Crippen LogP contribution in [0.3, 0.4) is 0 Å². The predicted octanol–water partition coefficient (Wildman–Crippen LogP) is 3.90. The van der Waals surface area contributed by atoms with E-state index in [1.807, 2.05) is 25.4 Å². The molecule has 3 heteroatoms. The third kappa shape index (κ3) is 2.32. The van der Waals surface area contributed by atoms with Crippen molar-refractivity contribution in [3.8, 4) is 5.75 Å². The average Bonchev–Trinajstić information content (AvgIpc) is 2.74. The van der Waals surface area contributed by atoms with Gasteiger partial charge in [-0.1, -0.05) is 24.3 Å². The maximum absolute atomic E-state index is 13.1. The number of halogens is 1. The lowest BCUT2D eigenvalue weighted by atomic mass is 10.2. The van der Waals surface area contributed by atoms with Gasteiger partial charge >= 0.3 is 0 Å². The number of aromatic nitrogens is 1. The Labute approximate surface area is 111 Å². The van der Waals surface area contributed by atoms with E-state index >= 15 is 0 Å². The first-order valence-corrected chi connectivity index (χ1v) is 6.15. The number of fused-ring (bicyclic) bond motifs is 1. The van der Waals surface area contributed by atoms with Crippen molar-refractivity contribution < 1.29 is 9.13 Å². The summed E-state index contributed by atoms with van der Waals surface area (Å²) in [4.78, 5) is 0. The molecule has 0 N–H and O–H groups in total. The standard InChI is InChI=1S/C16H14FNO/c1-18-10-12(15-7-2-3-8-16(15)18)11-19-14-6-4-5-13(17)9-14/h2-10H,11H2,1H3. The first-order chi connectivity index (χ1) is 9.24. The summed E-state index contributed by atoms with van der Waals surface area (Å²) >= 11 is 0. The van der Waals surface area contributed by atoms with Gasteiger partial charge in [0.2, 0.25) is 0 Å². The fourth-order valence-electron chi connectivity index (χ4n) is 2.26. The fraction of sp³-hybridized carbons (Fsp3) is 0.125. The van der Waals surface area contributed by atoms with Gasteiger partial charge in [0, 0.05) is 35.8 Å². The summed E-state index contributed by atoms with van der Waals surface area (Å²) in [6, 6.07) is 14.4. The molecule has 0 saturated heterocycles. The first-order valence-electron chi connectivity index (χ1n) is 6.15. The SMILES string of the molecule is Cn1cc(COc2cccc(F)c2)c2ccccc21. The van der Waals surface area contributed by atoms with E-state index in [-0.39, 0.29) is 5.82 Å². The molecule has 1 aromatic heterocycles. The molecule has 0 unspecified atom stereocenters. The Morgan fingerprint density at radius 3 is 2.79 bits per heavy atom. The second-order valence-corrected chi connectivity index (χ2v) is 4.53. The van der Waals surface area contributed by atoms with Crippen molar-refractivity contribution in [2.75, 3.05) is 0 Å². The molecule has 0 amide bonds. The second kappa shape index (κ2) is 4.76. The smallest absolute Gasteiger partial charge is 0.126 e. The zero-order valence-electron chi connectivity index (χ0n) is 10.6. The summed E-state index contributed by atoms with van der Waals surface area (Å²) in [5, 5.41) is 1.17. The molecule has 0 atom stereocenters. The van der Waals surface area contributed by atoms with Crippen LogP contribution >= 0.6 is 0 Å². The van der Waals surface area contributed by atoms with Crippen molar-refractivity contribution in [3.05, 3.63) is 66.1 Å². The van der Waals surface area contributed by atoms with E-state index in [4.69, 9.17) is 4.74 Å². The summed E-state index contributed by atoms with van der Waals surface area (Å²) in [7, 11) is 2.01. The van der Waals surface area contributed by atoms with Crippen LogP contribution in [-0.2, 0) is 13.7 Å². The minimum Gasteiger partial charge on any atom is -0.489 e. The Morgan fingerprint density at radius 1 is 1.11 bits per heavy atom. The van der Waals surface area contributed by atoms with Gasteiger partial charge in [-0.15, -0.1) is 0 Å². The fourth-order valence-corrected chi connectivity index (χ4v) is 2.26. The number of nitrogens with zero attached hydrogens (tertiary/aromatic N) is 1. The molecule has 0 radical (unpaired) electrons. The highest BCUT2D eigenvalue weighted by atomic mass is 19.1. The maximum Gasteiger partial charge on any atom is 0.126 e. The van der Waals surface area contributed by atoms with E-state index in [0.717, 1.165) is 5.56 Å². The molecule has 0 aliphatic carbocycles. The van der Waals surface area contributed by atoms with Crippen molar-refractivity contribution in [1.29, 1.82) is 0 Å². The Bertz CT molecular complexity index is 718. The second-order valence-electron chi connectivity index (χ2n) is 4.53. The van der Waals surface area contributed by atoms with Crippen molar-refractivity contribution in [2.45, 2.75) is 6.61 Å². The number of hydrogen-bond acceptors (Lipinski definition) is 1. The monoisotopic (exact) mass is 255 g/mol. The number of rotatable bonds is 3. The van der Waals surface area contributed by atoms with Gasteiger partial charge in [0.05, 0.1) is 0 Å². The lowest BCUT2D eigenvalue weighted by Gasteiger charge is -2.05.